The quantitative estimate of drug-likeness (QED) is 0.832. The number of ketones is 1. The third kappa shape index (κ3) is 4.12. The summed E-state index contributed by atoms with van der Waals surface area (Å²) in [6.07, 6.45) is -5.16. The second kappa shape index (κ2) is 5.86. The maximum Gasteiger partial charge on any atom is 0.389 e. The zero-order chi connectivity index (χ0) is 13.9. The fourth-order valence-electron chi connectivity index (χ4n) is 1.57. The van der Waals surface area contributed by atoms with E-state index in [9.17, 15) is 18.0 Å². The molecule has 0 spiro atoms. The summed E-state index contributed by atoms with van der Waals surface area (Å²) in [7, 11) is 1.68. The van der Waals surface area contributed by atoms with Crippen LogP contribution in [0.1, 0.15) is 31.2 Å². The summed E-state index contributed by atoms with van der Waals surface area (Å²) in [5.74, 6) is -0.432. The first-order valence-electron chi connectivity index (χ1n) is 5.53. The third-order valence-corrected chi connectivity index (χ3v) is 3.47. The topological polar surface area (TPSA) is 34.9 Å². The zero-order valence-corrected chi connectivity index (χ0v) is 11.7. The Morgan fingerprint density at radius 3 is 2.50 bits per heavy atom. The Morgan fingerprint density at radius 1 is 1.44 bits per heavy atom. The van der Waals surface area contributed by atoms with Crippen LogP contribution in [-0.2, 0) is 24.7 Å². The fraction of sp³-hybridized carbons (Fsp3) is 0.636. The Morgan fingerprint density at radius 2 is 2.06 bits per heavy atom. The van der Waals surface area contributed by atoms with Crippen molar-refractivity contribution in [3.8, 4) is 0 Å². The molecule has 0 fully saturated rings. The van der Waals surface area contributed by atoms with Gasteiger partial charge in [-0.05, 0) is 22.4 Å². The first kappa shape index (κ1) is 15.2. The predicted molar refractivity (Wildman–Crippen MR) is 64.3 cm³/mol. The standard InChI is InChI=1S/C11H14BrF3N2O/c1-3-8-10(12)9(17(2)16-8)6-7(18)4-5-11(13,14)15/h3-6H2,1-2H3. The van der Waals surface area contributed by atoms with Crippen molar-refractivity contribution in [2.45, 2.75) is 38.8 Å². The zero-order valence-electron chi connectivity index (χ0n) is 10.1. The summed E-state index contributed by atoms with van der Waals surface area (Å²) in [6, 6.07) is 0. The average molecular weight is 327 g/mol. The van der Waals surface area contributed by atoms with Crippen molar-refractivity contribution in [2.75, 3.05) is 0 Å². The van der Waals surface area contributed by atoms with Crippen molar-refractivity contribution < 1.29 is 18.0 Å². The van der Waals surface area contributed by atoms with E-state index < -0.39 is 24.8 Å². The van der Waals surface area contributed by atoms with Gasteiger partial charge < -0.3 is 0 Å². The minimum absolute atomic E-state index is 0.0276. The SMILES string of the molecule is CCc1nn(C)c(CC(=O)CCC(F)(F)F)c1Br. The summed E-state index contributed by atoms with van der Waals surface area (Å²) in [6.45, 7) is 1.92. The molecule has 1 rings (SSSR count). The van der Waals surface area contributed by atoms with Gasteiger partial charge >= 0.3 is 6.18 Å². The molecule has 1 heterocycles. The van der Waals surface area contributed by atoms with Crippen molar-refractivity contribution in [1.29, 1.82) is 0 Å². The molecular formula is C11H14BrF3N2O. The molecule has 18 heavy (non-hydrogen) atoms. The number of nitrogens with zero attached hydrogens (tertiary/aromatic N) is 2. The van der Waals surface area contributed by atoms with Crippen LogP contribution in [0.4, 0.5) is 13.2 Å². The first-order chi connectivity index (χ1) is 8.24. The minimum atomic E-state index is -4.28. The van der Waals surface area contributed by atoms with Gasteiger partial charge in [-0.15, -0.1) is 0 Å². The van der Waals surface area contributed by atoms with Crippen LogP contribution in [-0.4, -0.2) is 21.7 Å². The largest absolute Gasteiger partial charge is 0.389 e. The van der Waals surface area contributed by atoms with Gasteiger partial charge in [0.05, 0.1) is 22.3 Å². The highest BCUT2D eigenvalue weighted by Gasteiger charge is 2.28. The summed E-state index contributed by atoms with van der Waals surface area (Å²) in [5.41, 5.74) is 1.43. The molecule has 0 amide bonds. The van der Waals surface area contributed by atoms with Gasteiger partial charge in [0.1, 0.15) is 5.78 Å². The summed E-state index contributed by atoms with van der Waals surface area (Å²) in [5, 5.41) is 4.19. The van der Waals surface area contributed by atoms with E-state index in [0.29, 0.717) is 16.6 Å². The van der Waals surface area contributed by atoms with Crippen LogP contribution in [0.3, 0.4) is 0 Å². The van der Waals surface area contributed by atoms with Crippen LogP contribution >= 0.6 is 15.9 Å². The van der Waals surface area contributed by atoms with Crippen molar-refractivity contribution >= 4 is 21.7 Å². The molecule has 1 aromatic rings. The molecule has 0 bridgehead atoms. The molecule has 0 radical (unpaired) electrons. The number of carbonyl (C=O) groups excluding carboxylic acids is 1. The smallest absolute Gasteiger partial charge is 0.299 e. The van der Waals surface area contributed by atoms with Crippen molar-refractivity contribution in [3.63, 3.8) is 0 Å². The minimum Gasteiger partial charge on any atom is -0.299 e. The maximum atomic E-state index is 12.0. The van der Waals surface area contributed by atoms with Crippen LogP contribution in [0.25, 0.3) is 0 Å². The third-order valence-electron chi connectivity index (χ3n) is 2.55. The molecule has 0 aliphatic carbocycles. The maximum absolute atomic E-state index is 12.0. The van der Waals surface area contributed by atoms with E-state index in [1.54, 1.807) is 7.05 Å². The van der Waals surface area contributed by atoms with E-state index in [1.807, 2.05) is 6.92 Å². The lowest BCUT2D eigenvalue weighted by Gasteiger charge is -2.06. The first-order valence-corrected chi connectivity index (χ1v) is 6.32. The molecule has 0 aromatic carbocycles. The number of aryl methyl sites for hydroxylation is 2. The molecule has 0 aliphatic rings. The molecule has 1 aromatic heterocycles. The highest BCUT2D eigenvalue weighted by molar-refractivity contribution is 9.10. The molecule has 0 N–H and O–H groups in total. The van der Waals surface area contributed by atoms with E-state index >= 15 is 0 Å². The Bertz CT molecular complexity index is 440. The van der Waals surface area contributed by atoms with E-state index in [0.717, 1.165) is 5.69 Å². The van der Waals surface area contributed by atoms with E-state index in [4.69, 9.17) is 0 Å². The van der Waals surface area contributed by atoms with Crippen LogP contribution in [0.2, 0.25) is 0 Å². The van der Waals surface area contributed by atoms with Gasteiger partial charge in [0.15, 0.2) is 0 Å². The monoisotopic (exact) mass is 326 g/mol. The molecule has 7 heteroatoms. The van der Waals surface area contributed by atoms with Gasteiger partial charge in [-0.25, -0.2) is 0 Å². The number of alkyl halides is 3. The Hall–Kier alpha value is -0.850. The van der Waals surface area contributed by atoms with Crippen LogP contribution in [0.5, 0.6) is 0 Å². The van der Waals surface area contributed by atoms with Gasteiger partial charge in [-0.3, -0.25) is 9.48 Å². The van der Waals surface area contributed by atoms with Gasteiger partial charge in [-0.1, -0.05) is 6.92 Å². The van der Waals surface area contributed by atoms with Gasteiger partial charge in [0.2, 0.25) is 0 Å². The molecule has 0 aliphatic heterocycles. The molecule has 0 saturated carbocycles. The van der Waals surface area contributed by atoms with E-state index in [-0.39, 0.29) is 6.42 Å². The van der Waals surface area contributed by atoms with Crippen molar-refractivity contribution in [2.24, 2.45) is 7.05 Å². The van der Waals surface area contributed by atoms with Gasteiger partial charge in [0.25, 0.3) is 0 Å². The summed E-state index contributed by atoms with van der Waals surface area (Å²) < 4.78 is 38.2. The highest BCUT2D eigenvalue weighted by atomic mass is 79.9. The average Bonchev–Trinajstić information content (AvgIpc) is 2.53. The van der Waals surface area contributed by atoms with Crippen LogP contribution < -0.4 is 0 Å². The number of carbonyl (C=O) groups is 1. The highest BCUT2D eigenvalue weighted by Crippen LogP contribution is 2.25. The van der Waals surface area contributed by atoms with E-state index in [1.165, 1.54) is 4.68 Å². The normalized spacial score (nSPS) is 11.9. The number of hydrogen-bond acceptors (Lipinski definition) is 2. The van der Waals surface area contributed by atoms with Gasteiger partial charge in [0, 0.05) is 19.9 Å². The number of hydrogen-bond donors (Lipinski definition) is 0. The lowest BCUT2D eigenvalue weighted by Crippen LogP contribution is -2.13. The molecule has 0 atom stereocenters. The predicted octanol–water partition coefficient (Wildman–Crippen LogP) is 3.20. The van der Waals surface area contributed by atoms with Crippen molar-refractivity contribution in [3.05, 3.63) is 15.9 Å². The van der Waals surface area contributed by atoms with Crippen molar-refractivity contribution in [1.82, 2.24) is 9.78 Å². The Kier molecular flexibility index (Phi) is 4.95. The Balaban J connectivity index is 2.68. The fourth-order valence-corrected chi connectivity index (χ4v) is 2.32. The van der Waals surface area contributed by atoms with Crippen LogP contribution in [0.15, 0.2) is 4.47 Å². The number of halogens is 4. The molecule has 0 unspecified atom stereocenters. The second-order valence-corrected chi connectivity index (χ2v) is 4.81. The lowest BCUT2D eigenvalue weighted by molar-refractivity contribution is -0.143. The number of aromatic nitrogens is 2. The van der Waals surface area contributed by atoms with E-state index in [2.05, 4.69) is 21.0 Å². The molecule has 3 nitrogen and oxygen atoms in total. The lowest BCUT2D eigenvalue weighted by atomic mass is 10.1. The Labute approximate surface area is 111 Å². The van der Waals surface area contributed by atoms with Gasteiger partial charge in [-0.2, -0.15) is 18.3 Å². The second-order valence-electron chi connectivity index (χ2n) is 4.02. The molecule has 102 valence electrons. The molecule has 0 saturated heterocycles. The summed E-state index contributed by atoms with van der Waals surface area (Å²) in [4.78, 5) is 11.5. The van der Waals surface area contributed by atoms with Crippen LogP contribution in [0, 0.1) is 0 Å². The molecular weight excluding hydrogens is 313 g/mol. The number of rotatable bonds is 5. The number of Topliss-reactive ketones (excluding diaryl/α,β-unsaturated/α-hetero) is 1. The summed E-state index contributed by atoms with van der Waals surface area (Å²) >= 11 is 3.32.